The van der Waals surface area contributed by atoms with Crippen molar-refractivity contribution in [1.29, 1.82) is 0 Å². The lowest BCUT2D eigenvalue weighted by atomic mass is 9.95. The predicted molar refractivity (Wildman–Crippen MR) is 122 cm³/mol. The van der Waals surface area contributed by atoms with Gasteiger partial charge in [-0.15, -0.1) is 11.3 Å². The van der Waals surface area contributed by atoms with Crippen molar-refractivity contribution in [3.63, 3.8) is 0 Å². The van der Waals surface area contributed by atoms with E-state index in [1.165, 1.54) is 18.4 Å². The molecule has 9 nitrogen and oxygen atoms in total. The molecule has 0 spiro atoms. The van der Waals surface area contributed by atoms with E-state index in [4.69, 9.17) is 31.2 Å². The standard InChI is InChI=1S/C21H23N3O6S2/c1-11(30-12-7-8-14-15(9-12)29-10-28-14)18(25)23-24-21(31)22-19-17(20(26)27-2)13-5-3-4-6-16(13)32-19/h7-9,11H,3-6,10H2,1-2H3,(H,23,25)(H2,22,24,31)/t11-/m0/s1. The van der Waals surface area contributed by atoms with Crippen molar-refractivity contribution in [2.75, 3.05) is 19.2 Å². The van der Waals surface area contributed by atoms with Gasteiger partial charge in [-0.25, -0.2) is 4.79 Å². The summed E-state index contributed by atoms with van der Waals surface area (Å²) in [5.74, 6) is 0.854. The molecule has 11 heteroatoms. The maximum atomic E-state index is 12.4. The summed E-state index contributed by atoms with van der Waals surface area (Å²) in [6.07, 6.45) is 3.09. The normalized spacial score (nSPS) is 14.7. The van der Waals surface area contributed by atoms with Crippen molar-refractivity contribution >= 4 is 45.5 Å². The summed E-state index contributed by atoms with van der Waals surface area (Å²) in [4.78, 5) is 25.9. The first kappa shape index (κ1) is 22.2. The molecule has 2 aromatic rings. The summed E-state index contributed by atoms with van der Waals surface area (Å²) in [7, 11) is 1.36. The highest BCUT2D eigenvalue weighted by atomic mass is 32.1. The summed E-state index contributed by atoms with van der Waals surface area (Å²) in [6.45, 7) is 1.77. The van der Waals surface area contributed by atoms with Gasteiger partial charge < -0.3 is 24.3 Å². The smallest absolute Gasteiger partial charge is 0.341 e. The number of ether oxygens (including phenoxy) is 4. The van der Waals surface area contributed by atoms with E-state index in [0.717, 1.165) is 36.1 Å². The minimum Gasteiger partial charge on any atom is -0.481 e. The molecule has 170 valence electrons. The molecule has 1 aromatic heterocycles. The number of carbonyl (C=O) groups excluding carboxylic acids is 2. The Bertz CT molecular complexity index is 1050. The van der Waals surface area contributed by atoms with Gasteiger partial charge in [0.15, 0.2) is 22.7 Å². The number of aryl methyl sites for hydroxylation is 1. The molecule has 1 aliphatic carbocycles. The number of benzene rings is 1. The lowest BCUT2D eigenvalue weighted by molar-refractivity contribution is -0.127. The van der Waals surface area contributed by atoms with Gasteiger partial charge in [-0.05, 0) is 62.5 Å². The lowest BCUT2D eigenvalue weighted by Gasteiger charge is -2.16. The van der Waals surface area contributed by atoms with Crippen LogP contribution in [0.3, 0.4) is 0 Å². The molecule has 0 bridgehead atoms. The number of hydrogen-bond acceptors (Lipinski definition) is 8. The van der Waals surface area contributed by atoms with E-state index in [0.29, 0.717) is 27.8 Å². The number of amides is 1. The van der Waals surface area contributed by atoms with Gasteiger partial charge >= 0.3 is 5.97 Å². The van der Waals surface area contributed by atoms with Crippen LogP contribution in [-0.2, 0) is 22.4 Å². The Kier molecular flexibility index (Phi) is 6.66. The molecule has 3 N–H and O–H groups in total. The minimum atomic E-state index is -0.801. The third kappa shape index (κ3) is 4.73. The molecule has 0 radical (unpaired) electrons. The maximum Gasteiger partial charge on any atom is 0.341 e. The SMILES string of the molecule is COC(=O)c1c(NC(=S)NNC(=O)[C@H](C)Oc2ccc3c(c2)OCO3)sc2c1CCCC2. The number of anilines is 1. The summed E-state index contributed by atoms with van der Waals surface area (Å²) in [6, 6.07) is 5.08. The molecule has 0 saturated heterocycles. The number of hydrogen-bond donors (Lipinski definition) is 3. The zero-order valence-corrected chi connectivity index (χ0v) is 19.2. The average molecular weight is 478 g/mol. The van der Waals surface area contributed by atoms with Gasteiger partial charge in [0.1, 0.15) is 10.8 Å². The Morgan fingerprint density at radius 2 is 1.94 bits per heavy atom. The number of nitrogens with one attached hydrogen (secondary N) is 3. The third-order valence-corrected chi connectivity index (χ3v) is 6.52. The molecule has 2 aliphatic rings. The lowest BCUT2D eigenvalue weighted by Crippen LogP contribution is -2.48. The second-order valence-electron chi connectivity index (χ2n) is 7.25. The number of carbonyl (C=O) groups is 2. The van der Waals surface area contributed by atoms with Crippen molar-refractivity contribution in [3.8, 4) is 17.2 Å². The fourth-order valence-corrected chi connectivity index (χ4v) is 5.03. The number of thiocarbonyl (C=S) groups is 1. The highest BCUT2D eigenvalue weighted by Gasteiger charge is 2.26. The molecule has 1 amide bonds. The van der Waals surface area contributed by atoms with E-state index in [1.54, 1.807) is 25.1 Å². The summed E-state index contributed by atoms with van der Waals surface area (Å²) in [5, 5.41) is 3.77. The highest BCUT2D eigenvalue weighted by molar-refractivity contribution is 7.80. The Hall–Kier alpha value is -3.05. The van der Waals surface area contributed by atoms with Crippen molar-refractivity contribution < 1.29 is 28.5 Å². The second kappa shape index (κ2) is 9.61. The predicted octanol–water partition coefficient (Wildman–Crippen LogP) is 2.93. The zero-order chi connectivity index (χ0) is 22.7. The molecule has 2 heterocycles. The molecule has 0 fully saturated rings. The Morgan fingerprint density at radius 1 is 1.16 bits per heavy atom. The van der Waals surface area contributed by atoms with Crippen LogP contribution in [0.2, 0.25) is 0 Å². The van der Waals surface area contributed by atoms with Crippen LogP contribution in [0.15, 0.2) is 18.2 Å². The summed E-state index contributed by atoms with van der Waals surface area (Å²) >= 11 is 6.78. The molecule has 0 unspecified atom stereocenters. The first-order valence-electron chi connectivity index (χ1n) is 10.1. The Balaban J connectivity index is 1.33. The van der Waals surface area contributed by atoms with Crippen LogP contribution in [0.25, 0.3) is 0 Å². The maximum absolute atomic E-state index is 12.4. The molecule has 32 heavy (non-hydrogen) atoms. The van der Waals surface area contributed by atoms with Crippen LogP contribution >= 0.6 is 23.6 Å². The zero-order valence-electron chi connectivity index (χ0n) is 17.6. The third-order valence-electron chi connectivity index (χ3n) is 5.11. The average Bonchev–Trinajstić information content (AvgIpc) is 3.40. The number of methoxy groups -OCH3 is 1. The minimum absolute atomic E-state index is 0.150. The number of thiophene rings is 1. The van der Waals surface area contributed by atoms with Crippen LogP contribution < -0.4 is 30.4 Å². The van der Waals surface area contributed by atoms with E-state index >= 15 is 0 Å². The van der Waals surface area contributed by atoms with Crippen LogP contribution in [0.5, 0.6) is 17.2 Å². The van der Waals surface area contributed by atoms with Crippen molar-refractivity contribution in [1.82, 2.24) is 10.9 Å². The quantitative estimate of drug-likeness (QED) is 0.340. The van der Waals surface area contributed by atoms with E-state index in [1.807, 2.05) is 0 Å². The van der Waals surface area contributed by atoms with Crippen molar-refractivity contribution in [2.45, 2.75) is 38.7 Å². The first-order valence-corrected chi connectivity index (χ1v) is 11.3. The van der Waals surface area contributed by atoms with Gasteiger partial charge in [0, 0.05) is 10.9 Å². The van der Waals surface area contributed by atoms with E-state index in [9.17, 15) is 9.59 Å². The van der Waals surface area contributed by atoms with E-state index < -0.39 is 18.0 Å². The molecule has 1 aromatic carbocycles. The van der Waals surface area contributed by atoms with Gasteiger partial charge in [0.25, 0.3) is 5.91 Å². The Morgan fingerprint density at radius 3 is 2.75 bits per heavy atom. The number of esters is 1. The largest absolute Gasteiger partial charge is 0.481 e. The van der Waals surface area contributed by atoms with Crippen molar-refractivity contribution in [3.05, 3.63) is 34.2 Å². The number of fused-ring (bicyclic) bond motifs is 2. The summed E-state index contributed by atoms with van der Waals surface area (Å²) < 4.78 is 21.2. The van der Waals surface area contributed by atoms with Crippen LogP contribution in [0.1, 0.15) is 40.6 Å². The highest BCUT2D eigenvalue weighted by Crippen LogP contribution is 2.38. The number of hydrazine groups is 1. The van der Waals surface area contributed by atoms with Crippen LogP contribution in [-0.4, -0.2) is 37.0 Å². The van der Waals surface area contributed by atoms with E-state index in [-0.39, 0.29) is 11.9 Å². The molecule has 0 saturated carbocycles. The monoisotopic (exact) mass is 477 g/mol. The number of rotatable bonds is 5. The van der Waals surface area contributed by atoms with Gasteiger partial charge in [-0.3, -0.25) is 15.6 Å². The second-order valence-corrected chi connectivity index (χ2v) is 8.76. The molecular weight excluding hydrogens is 454 g/mol. The van der Waals surface area contributed by atoms with Crippen LogP contribution in [0, 0.1) is 0 Å². The molecule has 4 rings (SSSR count). The summed E-state index contributed by atoms with van der Waals surface area (Å²) in [5.41, 5.74) is 6.71. The fraction of sp³-hybridized carbons (Fsp3) is 0.381. The fourth-order valence-electron chi connectivity index (χ4n) is 3.53. The molecular formula is C21H23N3O6S2. The van der Waals surface area contributed by atoms with Gasteiger partial charge in [-0.1, -0.05) is 0 Å². The molecule has 1 aliphatic heterocycles. The topological polar surface area (TPSA) is 107 Å². The van der Waals surface area contributed by atoms with Crippen molar-refractivity contribution in [2.24, 2.45) is 0 Å². The van der Waals surface area contributed by atoms with Crippen LogP contribution in [0.4, 0.5) is 5.00 Å². The first-order chi connectivity index (χ1) is 15.5. The van der Waals surface area contributed by atoms with Gasteiger partial charge in [0.2, 0.25) is 6.79 Å². The Labute approximate surface area is 194 Å². The molecule has 1 atom stereocenters. The van der Waals surface area contributed by atoms with Gasteiger partial charge in [-0.2, -0.15) is 0 Å². The van der Waals surface area contributed by atoms with E-state index in [2.05, 4.69) is 16.2 Å². The van der Waals surface area contributed by atoms with Gasteiger partial charge in [0.05, 0.1) is 12.7 Å².